The van der Waals surface area contributed by atoms with E-state index in [0.29, 0.717) is 22.5 Å². The summed E-state index contributed by atoms with van der Waals surface area (Å²) in [7, 11) is 1.88. The number of carbonyl (C=O) groups excluding carboxylic acids is 1. The molecule has 6 nitrogen and oxygen atoms in total. The predicted molar refractivity (Wildman–Crippen MR) is 125 cm³/mol. The molecule has 1 aromatic heterocycles. The maximum Gasteiger partial charge on any atom is 0.234 e. The summed E-state index contributed by atoms with van der Waals surface area (Å²) in [5.41, 5.74) is 1.51. The molecule has 2 aromatic carbocycles. The van der Waals surface area contributed by atoms with Crippen LogP contribution in [0.2, 0.25) is 5.02 Å². The van der Waals surface area contributed by atoms with Gasteiger partial charge in [-0.05, 0) is 48.9 Å². The van der Waals surface area contributed by atoms with Gasteiger partial charge in [-0.3, -0.25) is 4.79 Å². The smallest absolute Gasteiger partial charge is 0.234 e. The average molecular weight is 510 g/mol. The molecule has 0 fully saturated rings. The predicted octanol–water partition coefficient (Wildman–Crippen LogP) is 5.81. The van der Waals surface area contributed by atoms with E-state index in [0.717, 1.165) is 34.5 Å². The first kappa shape index (κ1) is 22.7. The lowest BCUT2D eigenvalue weighted by atomic mass is 10.2. The first-order valence-corrected chi connectivity index (χ1v) is 11.6. The molecule has 0 aliphatic carbocycles. The molecular weight excluding hydrogens is 488 g/mol. The Labute approximate surface area is 193 Å². The van der Waals surface area contributed by atoms with Gasteiger partial charge in [-0.1, -0.05) is 52.6 Å². The molecule has 30 heavy (non-hydrogen) atoms. The molecule has 0 aliphatic rings. The van der Waals surface area contributed by atoms with E-state index in [1.54, 1.807) is 12.1 Å². The van der Waals surface area contributed by atoms with Gasteiger partial charge in [0.25, 0.3) is 0 Å². The van der Waals surface area contributed by atoms with E-state index in [-0.39, 0.29) is 11.7 Å². The van der Waals surface area contributed by atoms with Gasteiger partial charge in [-0.25, -0.2) is 0 Å². The second-order valence-corrected chi connectivity index (χ2v) is 8.82. The SMILES string of the molecule is CCCCOc1ccc(-c2nnc(SCC(=O)Nc3ccc(Br)cc3Cl)n2C)cc1. The molecule has 0 bridgehead atoms. The molecule has 0 aliphatic heterocycles. The Morgan fingerprint density at radius 1 is 1.23 bits per heavy atom. The Morgan fingerprint density at radius 2 is 2.00 bits per heavy atom. The first-order chi connectivity index (χ1) is 14.5. The van der Waals surface area contributed by atoms with E-state index in [2.05, 4.69) is 38.4 Å². The fraction of sp³-hybridized carbons (Fsp3) is 0.286. The number of rotatable bonds is 9. The minimum absolute atomic E-state index is 0.164. The number of hydrogen-bond donors (Lipinski definition) is 1. The van der Waals surface area contributed by atoms with Gasteiger partial charge in [-0.15, -0.1) is 10.2 Å². The van der Waals surface area contributed by atoms with E-state index in [1.807, 2.05) is 41.9 Å². The summed E-state index contributed by atoms with van der Waals surface area (Å²) >= 11 is 10.8. The number of nitrogens with one attached hydrogen (secondary N) is 1. The third-order valence-electron chi connectivity index (χ3n) is 4.25. The van der Waals surface area contributed by atoms with E-state index in [9.17, 15) is 4.79 Å². The Kier molecular flexibility index (Phi) is 8.18. The van der Waals surface area contributed by atoms with Crippen LogP contribution in [0.1, 0.15) is 19.8 Å². The van der Waals surface area contributed by atoms with Crippen molar-refractivity contribution in [3.63, 3.8) is 0 Å². The molecule has 3 aromatic rings. The van der Waals surface area contributed by atoms with Crippen LogP contribution in [0.3, 0.4) is 0 Å². The van der Waals surface area contributed by atoms with Crippen LogP contribution in [-0.2, 0) is 11.8 Å². The van der Waals surface area contributed by atoms with Crippen molar-refractivity contribution >= 4 is 50.9 Å². The number of aromatic nitrogens is 3. The van der Waals surface area contributed by atoms with Crippen LogP contribution in [0.4, 0.5) is 5.69 Å². The van der Waals surface area contributed by atoms with Crippen molar-refractivity contribution in [1.29, 1.82) is 0 Å². The highest BCUT2D eigenvalue weighted by Crippen LogP contribution is 2.27. The number of thioether (sulfide) groups is 1. The number of unbranched alkanes of at least 4 members (excludes halogenated alkanes) is 1. The molecule has 0 spiro atoms. The van der Waals surface area contributed by atoms with Crippen molar-refractivity contribution in [2.45, 2.75) is 24.9 Å². The standard InChI is InChI=1S/C21H22BrClN4O2S/c1-3-4-11-29-16-8-5-14(6-9-16)20-25-26-21(27(20)2)30-13-19(28)24-18-10-7-15(22)12-17(18)23/h5-10,12H,3-4,11,13H2,1-2H3,(H,24,28). The molecule has 1 amide bonds. The number of carbonyl (C=O) groups is 1. The average Bonchev–Trinajstić information content (AvgIpc) is 3.10. The summed E-state index contributed by atoms with van der Waals surface area (Å²) in [4.78, 5) is 12.3. The van der Waals surface area contributed by atoms with Crippen LogP contribution >= 0.6 is 39.3 Å². The van der Waals surface area contributed by atoms with E-state index >= 15 is 0 Å². The van der Waals surface area contributed by atoms with Crippen molar-refractivity contribution < 1.29 is 9.53 Å². The molecule has 0 saturated heterocycles. The lowest BCUT2D eigenvalue weighted by molar-refractivity contribution is -0.113. The van der Waals surface area contributed by atoms with E-state index in [1.165, 1.54) is 11.8 Å². The highest BCUT2D eigenvalue weighted by molar-refractivity contribution is 9.10. The van der Waals surface area contributed by atoms with Crippen molar-refractivity contribution in [3.8, 4) is 17.1 Å². The maximum atomic E-state index is 12.3. The number of nitrogens with zero attached hydrogens (tertiary/aromatic N) is 3. The summed E-state index contributed by atoms with van der Waals surface area (Å²) < 4.78 is 8.42. The highest BCUT2D eigenvalue weighted by Gasteiger charge is 2.14. The van der Waals surface area contributed by atoms with Gasteiger partial charge in [-0.2, -0.15) is 0 Å². The summed E-state index contributed by atoms with van der Waals surface area (Å²) in [5, 5.41) is 12.4. The van der Waals surface area contributed by atoms with Gasteiger partial charge in [0.15, 0.2) is 11.0 Å². The summed E-state index contributed by atoms with van der Waals surface area (Å²) in [6, 6.07) is 13.1. The zero-order valence-electron chi connectivity index (χ0n) is 16.7. The van der Waals surface area contributed by atoms with Crippen molar-refractivity contribution in [1.82, 2.24) is 14.8 Å². The van der Waals surface area contributed by atoms with Gasteiger partial charge in [0.2, 0.25) is 5.91 Å². The third-order valence-corrected chi connectivity index (χ3v) is 6.08. The normalized spacial score (nSPS) is 10.8. The van der Waals surface area contributed by atoms with Gasteiger partial charge < -0.3 is 14.6 Å². The number of anilines is 1. The quantitative estimate of drug-likeness (QED) is 0.291. The van der Waals surface area contributed by atoms with Crippen molar-refractivity contribution in [3.05, 3.63) is 52.0 Å². The van der Waals surface area contributed by atoms with Crippen LogP contribution in [0.15, 0.2) is 52.1 Å². The Morgan fingerprint density at radius 3 is 2.70 bits per heavy atom. The molecule has 3 rings (SSSR count). The van der Waals surface area contributed by atoms with Crippen LogP contribution in [0.5, 0.6) is 5.75 Å². The Balaban J connectivity index is 1.59. The van der Waals surface area contributed by atoms with Crippen molar-refractivity contribution in [2.75, 3.05) is 17.7 Å². The monoisotopic (exact) mass is 508 g/mol. The molecule has 1 N–H and O–H groups in total. The summed E-state index contributed by atoms with van der Waals surface area (Å²) in [6.07, 6.45) is 2.14. The number of ether oxygens (including phenoxy) is 1. The summed E-state index contributed by atoms with van der Waals surface area (Å²) in [5.74, 6) is 1.60. The lowest BCUT2D eigenvalue weighted by Gasteiger charge is -2.08. The second kappa shape index (κ2) is 10.8. The van der Waals surface area contributed by atoms with Crippen LogP contribution in [0.25, 0.3) is 11.4 Å². The topological polar surface area (TPSA) is 69.0 Å². The fourth-order valence-electron chi connectivity index (χ4n) is 2.63. The largest absolute Gasteiger partial charge is 0.494 e. The molecule has 0 atom stereocenters. The number of halogens is 2. The highest BCUT2D eigenvalue weighted by atomic mass is 79.9. The Bertz CT molecular complexity index is 1010. The van der Waals surface area contributed by atoms with Gasteiger partial charge in [0.1, 0.15) is 5.75 Å². The Hall–Kier alpha value is -2.03. The minimum atomic E-state index is -0.164. The lowest BCUT2D eigenvalue weighted by Crippen LogP contribution is -2.14. The maximum absolute atomic E-state index is 12.3. The number of hydrogen-bond acceptors (Lipinski definition) is 5. The van der Waals surface area contributed by atoms with E-state index < -0.39 is 0 Å². The molecule has 9 heteroatoms. The number of benzene rings is 2. The minimum Gasteiger partial charge on any atom is -0.494 e. The van der Waals surface area contributed by atoms with Gasteiger partial charge in [0, 0.05) is 17.1 Å². The first-order valence-electron chi connectivity index (χ1n) is 9.48. The molecule has 158 valence electrons. The van der Waals surface area contributed by atoms with Crippen LogP contribution < -0.4 is 10.1 Å². The van der Waals surface area contributed by atoms with E-state index in [4.69, 9.17) is 16.3 Å². The third kappa shape index (κ3) is 6.00. The van der Waals surface area contributed by atoms with Gasteiger partial charge >= 0.3 is 0 Å². The zero-order valence-corrected chi connectivity index (χ0v) is 19.9. The molecule has 0 radical (unpaired) electrons. The summed E-state index contributed by atoms with van der Waals surface area (Å²) in [6.45, 7) is 2.85. The zero-order chi connectivity index (χ0) is 21.5. The molecule has 1 heterocycles. The molecule has 0 unspecified atom stereocenters. The van der Waals surface area contributed by atoms with Crippen molar-refractivity contribution in [2.24, 2.45) is 7.05 Å². The van der Waals surface area contributed by atoms with Gasteiger partial charge in [0.05, 0.1) is 23.1 Å². The molecular formula is C21H22BrClN4O2S. The second-order valence-electron chi connectivity index (χ2n) is 6.55. The molecule has 0 saturated carbocycles. The van der Waals surface area contributed by atoms with Crippen LogP contribution in [0, 0.1) is 0 Å². The number of amides is 1. The fourth-order valence-corrected chi connectivity index (χ4v) is 4.07. The van der Waals surface area contributed by atoms with Crippen LogP contribution in [-0.4, -0.2) is 33.0 Å².